The van der Waals surface area contributed by atoms with Crippen molar-refractivity contribution in [3.63, 3.8) is 0 Å². The van der Waals surface area contributed by atoms with Gasteiger partial charge in [0.25, 0.3) is 0 Å². The highest BCUT2D eigenvalue weighted by atomic mass is 19.1. The Kier molecular flexibility index (Phi) is 5.87. The summed E-state index contributed by atoms with van der Waals surface area (Å²) in [6, 6.07) is 10.9. The molecule has 0 unspecified atom stereocenters. The molecule has 0 saturated carbocycles. The average molecular weight is 382 g/mol. The predicted molar refractivity (Wildman–Crippen MR) is 105 cm³/mol. The number of esters is 1. The molecular formula is C22H23FN2O3. The molecule has 0 saturated heterocycles. The van der Waals surface area contributed by atoms with Crippen LogP contribution < -0.4 is 0 Å². The molecule has 3 aromatic rings. The Morgan fingerprint density at radius 3 is 2.43 bits per heavy atom. The van der Waals surface area contributed by atoms with Crippen LogP contribution in [0.25, 0.3) is 11.0 Å². The van der Waals surface area contributed by atoms with Gasteiger partial charge in [0.15, 0.2) is 5.78 Å². The maximum atomic E-state index is 13.1. The molecule has 5 nitrogen and oxygen atoms in total. The Morgan fingerprint density at radius 1 is 1.11 bits per heavy atom. The van der Waals surface area contributed by atoms with Crippen LogP contribution in [0.4, 0.5) is 4.39 Å². The van der Waals surface area contributed by atoms with Crippen molar-refractivity contribution in [3.8, 4) is 0 Å². The number of hydrogen-bond acceptors (Lipinski definition) is 4. The smallest absolute Gasteiger partial charge is 0.337 e. The molecule has 0 amide bonds. The fourth-order valence-corrected chi connectivity index (χ4v) is 3.19. The lowest BCUT2D eigenvalue weighted by Crippen LogP contribution is -2.10. The number of imidazole rings is 1. The second kappa shape index (κ2) is 8.33. The highest BCUT2D eigenvalue weighted by Crippen LogP contribution is 2.21. The summed E-state index contributed by atoms with van der Waals surface area (Å²) in [4.78, 5) is 28.9. The molecule has 0 radical (unpaired) electrons. The Morgan fingerprint density at radius 2 is 1.79 bits per heavy atom. The molecule has 0 aliphatic heterocycles. The van der Waals surface area contributed by atoms with E-state index in [1.807, 2.05) is 6.07 Å². The quantitative estimate of drug-likeness (QED) is 0.448. The van der Waals surface area contributed by atoms with Gasteiger partial charge in [-0.15, -0.1) is 0 Å². The molecule has 146 valence electrons. The summed E-state index contributed by atoms with van der Waals surface area (Å²) in [7, 11) is 1.34. The third-order valence-electron chi connectivity index (χ3n) is 4.54. The first-order chi connectivity index (χ1) is 13.4. The fraction of sp³-hybridized carbons (Fsp3) is 0.318. The Bertz CT molecular complexity index is 1010. The minimum absolute atomic E-state index is 0.0570. The summed E-state index contributed by atoms with van der Waals surface area (Å²) in [6.45, 7) is 4.98. The summed E-state index contributed by atoms with van der Waals surface area (Å²) < 4.78 is 19.9. The molecule has 6 heteroatoms. The number of ether oxygens (including phenoxy) is 1. The molecule has 1 aromatic heterocycles. The largest absolute Gasteiger partial charge is 0.465 e. The third-order valence-corrected chi connectivity index (χ3v) is 4.54. The Balaban J connectivity index is 1.88. The number of hydrogen-bond donors (Lipinski definition) is 0. The lowest BCUT2D eigenvalue weighted by molar-refractivity contribution is 0.0600. The van der Waals surface area contributed by atoms with E-state index in [1.54, 1.807) is 12.1 Å². The van der Waals surface area contributed by atoms with Crippen LogP contribution >= 0.6 is 0 Å². The molecule has 0 fully saturated rings. The van der Waals surface area contributed by atoms with Gasteiger partial charge in [-0.3, -0.25) is 4.79 Å². The van der Waals surface area contributed by atoms with Crippen molar-refractivity contribution in [2.75, 3.05) is 7.11 Å². The molecule has 0 atom stereocenters. The molecule has 0 aliphatic rings. The molecule has 0 N–H and O–H groups in total. The lowest BCUT2D eigenvalue weighted by Gasteiger charge is -2.12. The number of methoxy groups -OCH3 is 1. The van der Waals surface area contributed by atoms with Crippen molar-refractivity contribution < 1.29 is 18.7 Å². The van der Waals surface area contributed by atoms with Crippen molar-refractivity contribution >= 4 is 22.8 Å². The highest BCUT2D eigenvalue weighted by molar-refractivity contribution is 5.96. The minimum atomic E-state index is -0.409. The van der Waals surface area contributed by atoms with E-state index in [2.05, 4.69) is 23.4 Å². The lowest BCUT2D eigenvalue weighted by atomic mass is 10.1. The van der Waals surface area contributed by atoms with Gasteiger partial charge in [0.2, 0.25) is 0 Å². The first kappa shape index (κ1) is 19.7. The maximum absolute atomic E-state index is 13.1. The number of Topliss-reactive ketones (excluding diaryl/α,β-unsaturated/α-hetero) is 1. The summed E-state index contributed by atoms with van der Waals surface area (Å²) in [5, 5.41) is 0. The van der Waals surface area contributed by atoms with Crippen molar-refractivity contribution in [1.29, 1.82) is 0 Å². The van der Waals surface area contributed by atoms with Gasteiger partial charge in [0.05, 0.1) is 23.7 Å². The second-order valence-corrected chi connectivity index (χ2v) is 7.16. The van der Waals surface area contributed by atoms with Crippen LogP contribution in [0.15, 0.2) is 42.5 Å². The maximum Gasteiger partial charge on any atom is 0.337 e. The van der Waals surface area contributed by atoms with Crippen molar-refractivity contribution in [2.45, 2.75) is 33.2 Å². The molecule has 2 aromatic carbocycles. The zero-order valence-corrected chi connectivity index (χ0v) is 16.2. The van der Waals surface area contributed by atoms with E-state index in [0.29, 0.717) is 29.0 Å². The molecular weight excluding hydrogens is 359 g/mol. The predicted octanol–water partition coefficient (Wildman–Crippen LogP) is 4.43. The normalized spacial score (nSPS) is 11.2. The summed E-state index contributed by atoms with van der Waals surface area (Å²) in [5.74, 6) is 0.355. The molecule has 1 heterocycles. The van der Waals surface area contributed by atoms with Crippen LogP contribution in [0, 0.1) is 11.7 Å². The molecule has 0 aliphatic carbocycles. The molecule has 3 rings (SSSR count). The van der Waals surface area contributed by atoms with Crippen LogP contribution in [-0.2, 0) is 17.7 Å². The minimum Gasteiger partial charge on any atom is -0.465 e. The fourth-order valence-electron chi connectivity index (χ4n) is 3.19. The van der Waals surface area contributed by atoms with E-state index in [4.69, 9.17) is 4.74 Å². The van der Waals surface area contributed by atoms with Gasteiger partial charge in [-0.2, -0.15) is 0 Å². The van der Waals surface area contributed by atoms with Crippen LogP contribution in [0.1, 0.15) is 46.8 Å². The first-order valence-corrected chi connectivity index (χ1v) is 9.25. The number of rotatable bonds is 7. The summed E-state index contributed by atoms with van der Waals surface area (Å²) in [6.07, 6.45) is 0.738. The van der Waals surface area contributed by atoms with Gasteiger partial charge in [0.1, 0.15) is 11.6 Å². The van der Waals surface area contributed by atoms with E-state index < -0.39 is 5.97 Å². The van der Waals surface area contributed by atoms with Crippen LogP contribution in [-0.4, -0.2) is 28.4 Å². The van der Waals surface area contributed by atoms with Gasteiger partial charge in [0, 0.05) is 24.9 Å². The molecule has 0 bridgehead atoms. The number of ketones is 1. The SMILES string of the molecule is COC(=O)c1ccc2c(c1)nc(CCC(=O)c1ccc(F)cc1)n2CC(C)C. The monoisotopic (exact) mass is 382 g/mol. The van der Waals surface area contributed by atoms with Gasteiger partial charge in [-0.1, -0.05) is 13.8 Å². The number of nitrogens with zero attached hydrogens (tertiary/aromatic N) is 2. The Labute approximate surface area is 163 Å². The van der Waals surface area contributed by atoms with Crippen molar-refractivity contribution in [3.05, 3.63) is 65.2 Å². The number of aryl methyl sites for hydroxylation is 1. The zero-order valence-electron chi connectivity index (χ0n) is 16.2. The van der Waals surface area contributed by atoms with Gasteiger partial charge < -0.3 is 9.30 Å². The summed E-state index contributed by atoms with van der Waals surface area (Å²) >= 11 is 0. The van der Waals surface area contributed by atoms with E-state index in [-0.39, 0.29) is 18.0 Å². The van der Waals surface area contributed by atoms with Gasteiger partial charge in [-0.25, -0.2) is 14.2 Å². The van der Waals surface area contributed by atoms with Crippen LogP contribution in [0.5, 0.6) is 0 Å². The topological polar surface area (TPSA) is 61.2 Å². The van der Waals surface area contributed by atoms with Crippen molar-refractivity contribution in [1.82, 2.24) is 9.55 Å². The molecule has 0 spiro atoms. The standard InChI is InChI=1S/C22H23FN2O3/c1-14(2)13-25-19-9-6-16(22(27)28-3)12-18(19)24-21(25)11-10-20(26)15-4-7-17(23)8-5-15/h4-9,12,14H,10-11,13H2,1-3H3. The number of halogens is 1. The van der Waals surface area contributed by atoms with Gasteiger partial charge in [-0.05, 0) is 48.4 Å². The van der Waals surface area contributed by atoms with Crippen LogP contribution in [0.3, 0.4) is 0 Å². The zero-order chi connectivity index (χ0) is 20.3. The highest BCUT2D eigenvalue weighted by Gasteiger charge is 2.16. The van der Waals surface area contributed by atoms with E-state index in [0.717, 1.165) is 17.9 Å². The van der Waals surface area contributed by atoms with E-state index in [9.17, 15) is 14.0 Å². The van der Waals surface area contributed by atoms with Crippen LogP contribution in [0.2, 0.25) is 0 Å². The Hall–Kier alpha value is -3.02. The van der Waals surface area contributed by atoms with Crippen molar-refractivity contribution in [2.24, 2.45) is 5.92 Å². The van der Waals surface area contributed by atoms with E-state index >= 15 is 0 Å². The number of carbonyl (C=O) groups excluding carboxylic acids is 2. The second-order valence-electron chi connectivity index (χ2n) is 7.16. The number of carbonyl (C=O) groups is 2. The average Bonchev–Trinajstić information content (AvgIpc) is 3.02. The van der Waals surface area contributed by atoms with Gasteiger partial charge >= 0.3 is 5.97 Å². The number of benzene rings is 2. The third kappa shape index (κ3) is 4.27. The molecule has 28 heavy (non-hydrogen) atoms. The number of aromatic nitrogens is 2. The van der Waals surface area contributed by atoms with E-state index in [1.165, 1.54) is 31.4 Å². The summed E-state index contributed by atoms with van der Waals surface area (Å²) in [5.41, 5.74) is 2.55. The first-order valence-electron chi connectivity index (χ1n) is 9.25. The number of fused-ring (bicyclic) bond motifs is 1.